The molecule has 30 heavy (non-hydrogen) atoms. The molecule has 7 nitrogen and oxygen atoms in total. The van der Waals surface area contributed by atoms with Crippen molar-refractivity contribution in [3.63, 3.8) is 0 Å². The van der Waals surface area contributed by atoms with Crippen molar-refractivity contribution in [2.24, 2.45) is 4.99 Å². The van der Waals surface area contributed by atoms with Crippen molar-refractivity contribution in [2.75, 3.05) is 26.2 Å². The highest BCUT2D eigenvalue weighted by atomic mass is 16.5. The summed E-state index contributed by atoms with van der Waals surface area (Å²) in [5, 5.41) is 10.8. The van der Waals surface area contributed by atoms with Gasteiger partial charge in [0.15, 0.2) is 11.8 Å². The predicted molar refractivity (Wildman–Crippen MR) is 121 cm³/mol. The summed E-state index contributed by atoms with van der Waals surface area (Å²) >= 11 is 0. The molecular weight excluding hydrogens is 376 g/mol. The number of benzene rings is 1. The Hall–Kier alpha value is -2.41. The van der Waals surface area contributed by atoms with E-state index in [1.165, 1.54) is 18.4 Å². The Labute approximate surface area is 180 Å². The van der Waals surface area contributed by atoms with Crippen LogP contribution in [0.1, 0.15) is 63.2 Å². The maximum absolute atomic E-state index is 5.32. The molecule has 2 aromatic rings. The number of nitrogens with one attached hydrogen (secondary N) is 2. The van der Waals surface area contributed by atoms with Crippen LogP contribution in [0.4, 0.5) is 0 Å². The van der Waals surface area contributed by atoms with Gasteiger partial charge >= 0.3 is 0 Å². The Morgan fingerprint density at radius 2 is 2.10 bits per heavy atom. The first-order valence-corrected chi connectivity index (χ1v) is 11.3. The number of likely N-dealkylation sites (tertiary alicyclic amines) is 1. The number of hydrogen-bond donors (Lipinski definition) is 2. The van der Waals surface area contributed by atoms with Crippen molar-refractivity contribution < 1.29 is 4.52 Å². The highest BCUT2D eigenvalue weighted by Gasteiger charge is 2.24. The molecule has 0 bridgehead atoms. The Morgan fingerprint density at radius 3 is 2.83 bits per heavy atom. The fourth-order valence-electron chi connectivity index (χ4n) is 3.72. The molecule has 1 atom stereocenters. The van der Waals surface area contributed by atoms with Crippen LogP contribution in [0.2, 0.25) is 0 Å². The quantitative estimate of drug-likeness (QED) is 0.354. The van der Waals surface area contributed by atoms with Crippen LogP contribution < -0.4 is 10.6 Å². The molecule has 0 radical (unpaired) electrons. The smallest absolute Gasteiger partial charge is 0.226 e. The van der Waals surface area contributed by atoms with Crippen LogP contribution in [0, 0.1) is 0 Å². The lowest BCUT2D eigenvalue weighted by atomic mass is 10.2. The second kappa shape index (κ2) is 11.7. The van der Waals surface area contributed by atoms with Gasteiger partial charge in [0.05, 0.1) is 6.54 Å². The van der Waals surface area contributed by atoms with Crippen LogP contribution in [0.5, 0.6) is 0 Å². The molecule has 3 rings (SSSR count). The maximum Gasteiger partial charge on any atom is 0.226 e. The first-order valence-electron chi connectivity index (χ1n) is 11.3. The van der Waals surface area contributed by atoms with Crippen LogP contribution in [-0.4, -0.2) is 53.2 Å². The highest BCUT2D eigenvalue weighted by molar-refractivity contribution is 5.79. The molecule has 1 aliphatic heterocycles. The number of aliphatic imine (C=N–C) groups is 1. The highest BCUT2D eigenvalue weighted by Crippen LogP contribution is 2.20. The third-order valence-electron chi connectivity index (χ3n) is 5.39. The molecule has 164 valence electrons. The van der Waals surface area contributed by atoms with Gasteiger partial charge in [-0.1, -0.05) is 49.3 Å². The first kappa shape index (κ1) is 22.3. The number of nitrogens with zero attached hydrogens (tertiary/aromatic N) is 4. The molecule has 1 aromatic carbocycles. The number of rotatable bonds is 10. The lowest BCUT2D eigenvalue weighted by Crippen LogP contribution is -2.39. The lowest BCUT2D eigenvalue weighted by Gasteiger charge is -2.23. The third kappa shape index (κ3) is 6.83. The van der Waals surface area contributed by atoms with Gasteiger partial charge in [-0.05, 0) is 38.3 Å². The summed E-state index contributed by atoms with van der Waals surface area (Å²) in [5.41, 5.74) is 1.38. The van der Waals surface area contributed by atoms with Crippen LogP contribution in [0.15, 0.2) is 39.8 Å². The summed E-state index contributed by atoms with van der Waals surface area (Å²) in [4.78, 5) is 11.9. The van der Waals surface area contributed by atoms with Crippen LogP contribution in [-0.2, 0) is 13.0 Å². The topological polar surface area (TPSA) is 78.6 Å². The summed E-state index contributed by atoms with van der Waals surface area (Å²) in [5.74, 6) is 2.68. The summed E-state index contributed by atoms with van der Waals surface area (Å²) in [7, 11) is 0. The summed E-state index contributed by atoms with van der Waals surface area (Å²) in [6.07, 6.45) is 4.16. The monoisotopic (exact) mass is 412 g/mol. The van der Waals surface area contributed by atoms with E-state index in [0.717, 1.165) is 57.3 Å². The average Bonchev–Trinajstić information content (AvgIpc) is 3.40. The Kier molecular flexibility index (Phi) is 8.68. The Morgan fingerprint density at radius 1 is 1.27 bits per heavy atom. The van der Waals surface area contributed by atoms with Crippen molar-refractivity contribution in [3.05, 3.63) is 47.6 Å². The van der Waals surface area contributed by atoms with E-state index in [1.54, 1.807) is 0 Å². The molecule has 7 heteroatoms. The van der Waals surface area contributed by atoms with Crippen molar-refractivity contribution in [3.8, 4) is 0 Å². The molecule has 0 saturated carbocycles. The van der Waals surface area contributed by atoms with E-state index in [4.69, 9.17) is 9.52 Å². The van der Waals surface area contributed by atoms with E-state index in [1.807, 2.05) is 0 Å². The molecule has 0 amide bonds. The van der Waals surface area contributed by atoms with Crippen molar-refractivity contribution in [2.45, 2.75) is 65.0 Å². The second-order valence-electron chi connectivity index (χ2n) is 8.20. The molecule has 2 heterocycles. The first-order chi connectivity index (χ1) is 14.7. The van der Waals surface area contributed by atoms with E-state index in [2.05, 4.69) is 76.8 Å². The van der Waals surface area contributed by atoms with Crippen molar-refractivity contribution >= 4 is 5.96 Å². The molecule has 1 fully saturated rings. The third-order valence-corrected chi connectivity index (χ3v) is 5.39. The van der Waals surface area contributed by atoms with E-state index in [0.29, 0.717) is 17.9 Å². The average molecular weight is 413 g/mol. The fraction of sp³-hybridized carbons (Fsp3) is 0.609. The maximum atomic E-state index is 5.32. The van der Waals surface area contributed by atoms with Gasteiger partial charge in [-0.3, -0.25) is 9.89 Å². The van der Waals surface area contributed by atoms with Gasteiger partial charge in [0.25, 0.3) is 0 Å². The van der Waals surface area contributed by atoms with Gasteiger partial charge in [-0.2, -0.15) is 4.98 Å². The summed E-state index contributed by atoms with van der Waals surface area (Å²) < 4.78 is 5.32. The second-order valence-corrected chi connectivity index (χ2v) is 8.20. The molecule has 1 unspecified atom stereocenters. The zero-order valence-corrected chi connectivity index (χ0v) is 18.6. The van der Waals surface area contributed by atoms with Gasteiger partial charge in [-0.15, -0.1) is 0 Å². The van der Waals surface area contributed by atoms with E-state index in [9.17, 15) is 0 Å². The summed E-state index contributed by atoms with van der Waals surface area (Å²) in [6.45, 7) is 10.9. The van der Waals surface area contributed by atoms with E-state index < -0.39 is 0 Å². The SMILES string of the molecule is CCNC(=NCC1CCCN1Cc1ccccc1)NCCCc1nc(C(C)C)no1. The minimum absolute atomic E-state index is 0.296. The van der Waals surface area contributed by atoms with Gasteiger partial charge in [0.2, 0.25) is 5.89 Å². The molecule has 1 saturated heterocycles. The minimum atomic E-state index is 0.296. The lowest BCUT2D eigenvalue weighted by molar-refractivity contribution is 0.250. The van der Waals surface area contributed by atoms with Crippen molar-refractivity contribution in [1.82, 2.24) is 25.7 Å². The largest absolute Gasteiger partial charge is 0.357 e. The number of aryl methyl sites for hydroxylation is 1. The normalized spacial score (nSPS) is 17.6. The standard InChI is InChI=1S/C23H36N6O/c1-4-24-23(25-14-8-13-21-27-22(18(2)3)28-30-21)26-16-20-12-9-15-29(20)17-19-10-6-5-7-11-19/h5-7,10-11,18,20H,4,8-9,12-17H2,1-3H3,(H2,24,25,26). The molecule has 0 aliphatic carbocycles. The summed E-state index contributed by atoms with van der Waals surface area (Å²) in [6, 6.07) is 11.2. The molecular formula is C23H36N6O. The zero-order valence-electron chi connectivity index (χ0n) is 18.6. The van der Waals surface area contributed by atoms with Crippen LogP contribution in [0.25, 0.3) is 0 Å². The van der Waals surface area contributed by atoms with Gasteiger partial charge in [-0.25, -0.2) is 0 Å². The van der Waals surface area contributed by atoms with Gasteiger partial charge in [0.1, 0.15) is 0 Å². The van der Waals surface area contributed by atoms with E-state index >= 15 is 0 Å². The Balaban J connectivity index is 1.45. The van der Waals surface area contributed by atoms with Gasteiger partial charge < -0.3 is 15.2 Å². The zero-order chi connectivity index (χ0) is 21.2. The predicted octanol–water partition coefficient (Wildman–Crippen LogP) is 3.35. The molecule has 0 spiro atoms. The Bertz CT molecular complexity index is 773. The number of hydrogen-bond acceptors (Lipinski definition) is 5. The molecule has 1 aromatic heterocycles. The minimum Gasteiger partial charge on any atom is -0.357 e. The molecule has 1 aliphatic rings. The van der Waals surface area contributed by atoms with Gasteiger partial charge in [0, 0.05) is 38.0 Å². The number of guanidine groups is 1. The molecule has 2 N–H and O–H groups in total. The van der Waals surface area contributed by atoms with Crippen molar-refractivity contribution in [1.29, 1.82) is 0 Å². The van der Waals surface area contributed by atoms with Crippen LogP contribution in [0.3, 0.4) is 0 Å². The van der Waals surface area contributed by atoms with E-state index in [-0.39, 0.29) is 0 Å². The van der Waals surface area contributed by atoms with Crippen LogP contribution >= 0.6 is 0 Å². The number of aromatic nitrogens is 2. The fourth-order valence-corrected chi connectivity index (χ4v) is 3.72.